The van der Waals surface area contributed by atoms with Crippen molar-refractivity contribution in [3.05, 3.63) is 60.2 Å². The van der Waals surface area contributed by atoms with Crippen LogP contribution in [0.25, 0.3) is 16.7 Å². The maximum Gasteiger partial charge on any atom is 0.265 e. The molecule has 0 amide bonds. The van der Waals surface area contributed by atoms with Gasteiger partial charge in [-0.15, -0.1) is 10.2 Å². The molecule has 0 aliphatic heterocycles. The number of rotatable bonds is 5. The van der Waals surface area contributed by atoms with Crippen molar-refractivity contribution < 1.29 is 12.8 Å². The van der Waals surface area contributed by atoms with Crippen LogP contribution in [0, 0.1) is 11.7 Å². The van der Waals surface area contributed by atoms with Crippen LogP contribution < -0.4 is 4.31 Å². The van der Waals surface area contributed by atoms with Crippen molar-refractivity contribution in [2.45, 2.75) is 25.2 Å². The number of nitrogens with zero attached hydrogens (tertiary/aromatic N) is 5. The molecule has 4 rings (SSSR count). The molecule has 9 heteroatoms. The number of fused-ring (bicyclic) bond motifs is 3. The summed E-state index contributed by atoms with van der Waals surface area (Å²) >= 11 is 0. The van der Waals surface area contributed by atoms with Gasteiger partial charge in [-0.05, 0) is 42.3 Å². The van der Waals surface area contributed by atoms with Gasteiger partial charge >= 0.3 is 0 Å². The van der Waals surface area contributed by atoms with Gasteiger partial charge in [0.05, 0.1) is 15.9 Å². The number of para-hydroxylation sites is 2. The second kappa shape index (κ2) is 7.07. The molecule has 0 aliphatic rings. The third-order valence-corrected chi connectivity index (χ3v) is 6.40. The minimum atomic E-state index is -3.96. The molecule has 0 fully saturated rings. The van der Waals surface area contributed by atoms with E-state index in [4.69, 9.17) is 0 Å². The Kier molecular flexibility index (Phi) is 4.70. The van der Waals surface area contributed by atoms with Crippen LogP contribution >= 0.6 is 0 Å². The Morgan fingerprint density at radius 3 is 2.45 bits per heavy atom. The van der Waals surface area contributed by atoms with E-state index >= 15 is 0 Å². The van der Waals surface area contributed by atoms with Crippen LogP contribution in [0.15, 0.2) is 53.4 Å². The summed E-state index contributed by atoms with van der Waals surface area (Å²) in [5.41, 5.74) is 1.79. The van der Waals surface area contributed by atoms with Gasteiger partial charge in [0.2, 0.25) is 5.65 Å². The van der Waals surface area contributed by atoms with Crippen LogP contribution in [0.1, 0.15) is 19.7 Å². The summed E-state index contributed by atoms with van der Waals surface area (Å²) in [6.07, 6.45) is 0.684. The smallest absolute Gasteiger partial charge is 0.265 e. The zero-order chi connectivity index (χ0) is 20.8. The summed E-state index contributed by atoms with van der Waals surface area (Å²) < 4.78 is 42.4. The van der Waals surface area contributed by atoms with Gasteiger partial charge in [0.1, 0.15) is 11.6 Å². The van der Waals surface area contributed by atoms with Crippen molar-refractivity contribution in [2.75, 3.05) is 11.4 Å². The molecule has 29 heavy (non-hydrogen) atoms. The van der Waals surface area contributed by atoms with Crippen LogP contribution in [0.3, 0.4) is 0 Å². The quantitative estimate of drug-likeness (QED) is 0.501. The largest absolute Gasteiger partial charge is 0.274 e. The predicted molar refractivity (Wildman–Crippen MR) is 109 cm³/mol. The molecule has 2 heterocycles. The van der Waals surface area contributed by atoms with Gasteiger partial charge in [0.15, 0.2) is 5.82 Å². The first-order chi connectivity index (χ1) is 13.8. The molecule has 2 aromatic heterocycles. The number of aromatic nitrogens is 4. The van der Waals surface area contributed by atoms with Crippen molar-refractivity contribution in [3.8, 4) is 0 Å². The summed E-state index contributed by atoms with van der Waals surface area (Å²) in [6, 6.07) is 12.1. The summed E-state index contributed by atoms with van der Waals surface area (Å²) in [5.74, 6) is 0.741. The standard InChI is InChI=1S/C20H20FN5O2S/c1-13(2)12-18-23-24-20-19(22-16-6-4-5-7-17(16)26(18)20)25(3)29(27,28)15-10-8-14(21)9-11-15/h4-11,13H,12H2,1-3H3. The van der Waals surface area contributed by atoms with Gasteiger partial charge < -0.3 is 0 Å². The number of benzene rings is 2. The van der Waals surface area contributed by atoms with Crippen LogP contribution in [0.5, 0.6) is 0 Å². The normalized spacial score (nSPS) is 12.2. The van der Waals surface area contributed by atoms with Gasteiger partial charge in [0, 0.05) is 13.5 Å². The Morgan fingerprint density at radius 1 is 1.07 bits per heavy atom. The highest BCUT2D eigenvalue weighted by Crippen LogP contribution is 2.28. The molecule has 0 N–H and O–H groups in total. The van der Waals surface area contributed by atoms with Gasteiger partial charge in [-0.2, -0.15) is 0 Å². The van der Waals surface area contributed by atoms with Crippen LogP contribution in [0.2, 0.25) is 0 Å². The molecular weight excluding hydrogens is 393 g/mol. The van der Waals surface area contributed by atoms with E-state index in [1.54, 1.807) is 0 Å². The average Bonchev–Trinajstić information content (AvgIpc) is 3.10. The van der Waals surface area contributed by atoms with Crippen molar-refractivity contribution in [1.29, 1.82) is 0 Å². The molecule has 0 radical (unpaired) electrons. The van der Waals surface area contributed by atoms with E-state index in [1.807, 2.05) is 28.7 Å². The highest BCUT2D eigenvalue weighted by molar-refractivity contribution is 7.92. The van der Waals surface area contributed by atoms with E-state index in [0.717, 1.165) is 27.8 Å². The van der Waals surface area contributed by atoms with Crippen LogP contribution in [0.4, 0.5) is 10.2 Å². The fourth-order valence-corrected chi connectivity index (χ4v) is 4.36. The number of hydrogen-bond donors (Lipinski definition) is 0. The van der Waals surface area contributed by atoms with Crippen molar-refractivity contribution >= 4 is 32.5 Å². The lowest BCUT2D eigenvalue weighted by Crippen LogP contribution is -2.28. The van der Waals surface area contributed by atoms with Crippen molar-refractivity contribution in [2.24, 2.45) is 5.92 Å². The highest BCUT2D eigenvalue weighted by atomic mass is 32.2. The Morgan fingerprint density at radius 2 is 1.76 bits per heavy atom. The van der Waals surface area contributed by atoms with Crippen LogP contribution in [-0.2, 0) is 16.4 Å². The zero-order valence-corrected chi connectivity index (χ0v) is 17.1. The summed E-state index contributed by atoms with van der Waals surface area (Å²) in [7, 11) is -2.55. The Hall–Kier alpha value is -3.07. The third kappa shape index (κ3) is 3.31. The monoisotopic (exact) mass is 413 g/mol. The molecular formula is C20H20FN5O2S. The molecule has 0 aliphatic carbocycles. The summed E-state index contributed by atoms with van der Waals surface area (Å²) in [6.45, 7) is 4.16. The second-order valence-electron chi connectivity index (χ2n) is 7.22. The SMILES string of the molecule is CC(C)Cc1nnc2c(N(C)S(=O)(=O)c3ccc(F)cc3)nc3ccccc3n12. The number of sulfonamides is 1. The van der Waals surface area contributed by atoms with Crippen molar-refractivity contribution in [1.82, 2.24) is 19.6 Å². The molecule has 0 unspecified atom stereocenters. The summed E-state index contributed by atoms with van der Waals surface area (Å²) in [4.78, 5) is 4.52. The lowest BCUT2D eigenvalue weighted by Gasteiger charge is -2.20. The number of hydrogen-bond acceptors (Lipinski definition) is 5. The topological polar surface area (TPSA) is 80.5 Å². The average molecular weight is 413 g/mol. The fourth-order valence-electron chi connectivity index (χ4n) is 3.21. The second-order valence-corrected chi connectivity index (χ2v) is 9.19. The highest BCUT2D eigenvalue weighted by Gasteiger charge is 2.27. The van der Waals surface area contributed by atoms with Crippen LogP contribution in [-0.4, -0.2) is 35.0 Å². The molecule has 0 bridgehead atoms. The van der Waals surface area contributed by atoms with E-state index in [9.17, 15) is 12.8 Å². The summed E-state index contributed by atoms with van der Waals surface area (Å²) in [5, 5.41) is 8.55. The maximum atomic E-state index is 13.2. The van der Waals surface area contributed by atoms with E-state index in [0.29, 0.717) is 23.5 Å². The minimum absolute atomic E-state index is 0.0311. The Labute approximate surface area is 167 Å². The zero-order valence-electron chi connectivity index (χ0n) is 16.2. The first kappa shape index (κ1) is 19.3. The number of halogens is 1. The molecule has 150 valence electrons. The first-order valence-electron chi connectivity index (χ1n) is 9.16. The molecule has 4 aromatic rings. The fraction of sp³-hybridized carbons (Fsp3) is 0.250. The lowest BCUT2D eigenvalue weighted by molar-refractivity contribution is 0.592. The molecule has 0 saturated heterocycles. The van der Waals surface area contributed by atoms with Crippen molar-refractivity contribution in [3.63, 3.8) is 0 Å². The predicted octanol–water partition coefficient (Wildman–Crippen LogP) is 3.44. The van der Waals surface area contributed by atoms with E-state index < -0.39 is 15.8 Å². The molecule has 0 spiro atoms. The van der Waals surface area contributed by atoms with Gasteiger partial charge in [-0.25, -0.2) is 22.1 Å². The van der Waals surface area contributed by atoms with E-state index in [2.05, 4.69) is 29.0 Å². The van der Waals surface area contributed by atoms with E-state index in [1.165, 1.54) is 19.2 Å². The van der Waals surface area contributed by atoms with Gasteiger partial charge in [-0.1, -0.05) is 26.0 Å². The lowest BCUT2D eigenvalue weighted by atomic mass is 10.1. The van der Waals surface area contributed by atoms with E-state index in [-0.39, 0.29) is 10.7 Å². The molecule has 2 aromatic carbocycles. The molecule has 0 saturated carbocycles. The Balaban J connectivity index is 1.95. The Bertz CT molecular complexity index is 1300. The molecule has 7 nitrogen and oxygen atoms in total. The maximum absolute atomic E-state index is 13.2. The van der Waals surface area contributed by atoms with Gasteiger partial charge in [0.25, 0.3) is 10.0 Å². The first-order valence-corrected chi connectivity index (χ1v) is 10.6. The minimum Gasteiger partial charge on any atom is -0.274 e. The third-order valence-electron chi connectivity index (χ3n) is 4.64. The molecule has 0 atom stereocenters. The number of anilines is 1. The van der Waals surface area contributed by atoms with Gasteiger partial charge in [-0.3, -0.25) is 4.40 Å².